The van der Waals surface area contributed by atoms with Crippen molar-refractivity contribution in [2.45, 2.75) is 32.4 Å². The summed E-state index contributed by atoms with van der Waals surface area (Å²) >= 11 is 0. The summed E-state index contributed by atoms with van der Waals surface area (Å²) in [7, 11) is 0. The van der Waals surface area contributed by atoms with Gasteiger partial charge in [-0.2, -0.15) is 0 Å². The molecular formula is C13H15FO. The van der Waals surface area contributed by atoms with E-state index < -0.39 is 6.17 Å². The highest BCUT2D eigenvalue weighted by atomic mass is 19.1. The lowest BCUT2D eigenvalue weighted by atomic mass is 9.79. The Morgan fingerprint density at radius 1 is 1.47 bits per heavy atom. The molecule has 1 atom stereocenters. The van der Waals surface area contributed by atoms with E-state index in [-0.39, 0.29) is 11.7 Å². The van der Waals surface area contributed by atoms with Crippen LogP contribution in [0.3, 0.4) is 0 Å². The van der Waals surface area contributed by atoms with Crippen LogP contribution in [0.2, 0.25) is 0 Å². The first-order valence-corrected chi connectivity index (χ1v) is 5.43. The molecule has 0 spiro atoms. The number of hydrogen-bond acceptors (Lipinski definition) is 1. The van der Waals surface area contributed by atoms with Gasteiger partial charge in [0.1, 0.15) is 6.17 Å². The zero-order valence-corrected chi connectivity index (χ0v) is 8.87. The molecule has 15 heavy (non-hydrogen) atoms. The molecule has 0 radical (unpaired) electrons. The third-order valence-corrected chi connectivity index (χ3v) is 3.18. The predicted molar refractivity (Wildman–Crippen MR) is 57.6 cm³/mol. The van der Waals surface area contributed by atoms with Gasteiger partial charge in [-0.1, -0.05) is 24.6 Å². The fraction of sp³-hybridized carbons (Fsp3) is 0.462. The maximum absolute atomic E-state index is 13.9. The minimum Gasteiger partial charge on any atom is -0.295 e. The van der Waals surface area contributed by atoms with E-state index in [0.29, 0.717) is 11.1 Å². The second kappa shape index (κ2) is 4.13. The topological polar surface area (TPSA) is 17.1 Å². The Bertz CT molecular complexity index is 369. The maximum atomic E-state index is 13.9. The van der Waals surface area contributed by atoms with E-state index in [1.807, 2.05) is 0 Å². The summed E-state index contributed by atoms with van der Waals surface area (Å²) in [6.45, 7) is 1.51. The molecule has 80 valence electrons. The lowest BCUT2D eigenvalue weighted by Gasteiger charge is -2.29. The molecule has 1 aliphatic carbocycles. The number of hydrogen-bond donors (Lipinski definition) is 0. The SMILES string of the molecule is CC(=O)c1cccc(C(F)C2CCC2)c1. The Labute approximate surface area is 89.3 Å². The monoisotopic (exact) mass is 206 g/mol. The van der Waals surface area contributed by atoms with Crippen molar-refractivity contribution < 1.29 is 9.18 Å². The fourth-order valence-electron chi connectivity index (χ4n) is 1.93. The van der Waals surface area contributed by atoms with Gasteiger partial charge in [0.05, 0.1) is 0 Å². The van der Waals surface area contributed by atoms with E-state index in [0.717, 1.165) is 19.3 Å². The van der Waals surface area contributed by atoms with Crippen LogP contribution in [0.5, 0.6) is 0 Å². The van der Waals surface area contributed by atoms with Crippen molar-refractivity contribution >= 4 is 5.78 Å². The third-order valence-electron chi connectivity index (χ3n) is 3.18. The summed E-state index contributed by atoms with van der Waals surface area (Å²) in [4.78, 5) is 11.2. The van der Waals surface area contributed by atoms with E-state index in [1.165, 1.54) is 6.92 Å². The molecule has 1 unspecified atom stereocenters. The van der Waals surface area contributed by atoms with Crippen molar-refractivity contribution in [3.8, 4) is 0 Å². The van der Waals surface area contributed by atoms with Crippen molar-refractivity contribution in [2.24, 2.45) is 5.92 Å². The number of benzene rings is 1. The molecule has 1 saturated carbocycles. The maximum Gasteiger partial charge on any atom is 0.159 e. The van der Waals surface area contributed by atoms with Gasteiger partial charge in [0, 0.05) is 5.56 Å². The fourth-order valence-corrected chi connectivity index (χ4v) is 1.93. The summed E-state index contributed by atoms with van der Waals surface area (Å²) in [5.74, 6) is 0.171. The second-order valence-corrected chi connectivity index (χ2v) is 4.27. The first-order chi connectivity index (χ1) is 7.18. The zero-order valence-electron chi connectivity index (χ0n) is 8.87. The van der Waals surface area contributed by atoms with Gasteiger partial charge in [0.25, 0.3) is 0 Å². The first kappa shape index (κ1) is 10.3. The highest BCUT2D eigenvalue weighted by Crippen LogP contribution is 2.40. The molecular weight excluding hydrogens is 191 g/mol. The second-order valence-electron chi connectivity index (χ2n) is 4.27. The van der Waals surface area contributed by atoms with Gasteiger partial charge >= 0.3 is 0 Å². The lowest BCUT2D eigenvalue weighted by molar-refractivity contribution is 0.101. The van der Waals surface area contributed by atoms with Crippen LogP contribution < -0.4 is 0 Å². The Morgan fingerprint density at radius 2 is 2.20 bits per heavy atom. The Morgan fingerprint density at radius 3 is 2.73 bits per heavy atom. The van der Waals surface area contributed by atoms with E-state index in [2.05, 4.69) is 0 Å². The van der Waals surface area contributed by atoms with Crippen LogP contribution >= 0.6 is 0 Å². The van der Waals surface area contributed by atoms with E-state index >= 15 is 0 Å². The molecule has 2 heteroatoms. The number of rotatable bonds is 3. The third kappa shape index (κ3) is 2.09. The number of carbonyl (C=O) groups excluding carboxylic acids is 1. The predicted octanol–water partition coefficient (Wildman–Crippen LogP) is 3.70. The molecule has 1 aliphatic rings. The summed E-state index contributed by atoms with van der Waals surface area (Å²) in [5.41, 5.74) is 1.27. The Hall–Kier alpha value is -1.18. The molecule has 0 heterocycles. The molecule has 0 aromatic heterocycles. The van der Waals surface area contributed by atoms with Crippen LogP contribution in [0.25, 0.3) is 0 Å². The zero-order chi connectivity index (χ0) is 10.8. The van der Waals surface area contributed by atoms with E-state index in [1.54, 1.807) is 24.3 Å². The average molecular weight is 206 g/mol. The van der Waals surface area contributed by atoms with Gasteiger partial charge in [0.2, 0.25) is 0 Å². The van der Waals surface area contributed by atoms with Crippen molar-refractivity contribution in [3.05, 3.63) is 35.4 Å². The summed E-state index contributed by atoms with van der Waals surface area (Å²) < 4.78 is 13.9. The number of halogens is 1. The molecule has 1 aromatic rings. The molecule has 1 fully saturated rings. The first-order valence-electron chi connectivity index (χ1n) is 5.43. The molecule has 0 bridgehead atoms. The van der Waals surface area contributed by atoms with Gasteiger partial charge in [-0.05, 0) is 37.3 Å². The highest BCUT2D eigenvalue weighted by molar-refractivity contribution is 5.94. The van der Waals surface area contributed by atoms with Crippen LogP contribution in [-0.4, -0.2) is 5.78 Å². The minimum atomic E-state index is -0.891. The van der Waals surface area contributed by atoms with Gasteiger partial charge < -0.3 is 0 Å². The Balaban J connectivity index is 2.19. The lowest BCUT2D eigenvalue weighted by Crippen LogP contribution is -2.17. The van der Waals surface area contributed by atoms with Gasteiger partial charge in [-0.3, -0.25) is 4.79 Å². The molecule has 0 amide bonds. The van der Waals surface area contributed by atoms with Crippen LogP contribution in [0.15, 0.2) is 24.3 Å². The largest absolute Gasteiger partial charge is 0.295 e. The summed E-state index contributed by atoms with van der Waals surface area (Å²) in [6, 6.07) is 6.96. The van der Waals surface area contributed by atoms with Crippen molar-refractivity contribution in [2.75, 3.05) is 0 Å². The minimum absolute atomic E-state index is 0.00217. The average Bonchev–Trinajstić information content (AvgIpc) is 2.15. The van der Waals surface area contributed by atoms with E-state index in [4.69, 9.17) is 0 Å². The van der Waals surface area contributed by atoms with Crippen molar-refractivity contribution in [3.63, 3.8) is 0 Å². The smallest absolute Gasteiger partial charge is 0.159 e. The van der Waals surface area contributed by atoms with Gasteiger partial charge in [-0.25, -0.2) is 4.39 Å². The molecule has 0 saturated heterocycles. The molecule has 1 aromatic carbocycles. The van der Waals surface area contributed by atoms with Crippen molar-refractivity contribution in [1.29, 1.82) is 0 Å². The van der Waals surface area contributed by atoms with Crippen LogP contribution in [0.4, 0.5) is 4.39 Å². The van der Waals surface area contributed by atoms with Gasteiger partial charge in [0.15, 0.2) is 5.78 Å². The summed E-state index contributed by atoms with van der Waals surface area (Å²) in [6.07, 6.45) is 2.20. The standard InChI is InChI=1S/C13H15FO/c1-9(15)11-6-3-7-12(8-11)13(14)10-4-2-5-10/h3,6-8,10,13H,2,4-5H2,1H3. The number of ketones is 1. The van der Waals surface area contributed by atoms with Crippen LogP contribution in [0.1, 0.15) is 48.3 Å². The molecule has 0 aliphatic heterocycles. The van der Waals surface area contributed by atoms with E-state index in [9.17, 15) is 9.18 Å². The quantitative estimate of drug-likeness (QED) is 0.689. The number of alkyl halides is 1. The summed E-state index contributed by atoms with van der Waals surface area (Å²) in [5, 5.41) is 0. The molecule has 0 N–H and O–H groups in total. The van der Waals surface area contributed by atoms with Gasteiger partial charge in [-0.15, -0.1) is 0 Å². The van der Waals surface area contributed by atoms with Crippen LogP contribution in [0, 0.1) is 5.92 Å². The Kier molecular flexibility index (Phi) is 2.85. The number of Topliss-reactive ketones (excluding diaryl/α,β-unsaturated/α-hetero) is 1. The van der Waals surface area contributed by atoms with Crippen molar-refractivity contribution in [1.82, 2.24) is 0 Å². The molecule has 2 rings (SSSR count). The normalized spacial score (nSPS) is 18.3. The number of carbonyl (C=O) groups is 1. The highest BCUT2D eigenvalue weighted by Gasteiger charge is 2.28. The molecule has 1 nitrogen and oxygen atoms in total. The van der Waals surface area contributed by atoms with Crippen LogP contribution in [-0.2, 0) is 0 Å².